The highest BCUT2D eigenvalue weighted by molar-refractivity contribution is 6.31. The number of rotatable bonds is 6. The average Bonchev–Trinajstić information content (AvgIpc) is 3.15. The highest BCUT2D eigenvalue weighted by Gasteiger charge is 2.36. The molecule has 3 rings (SSSR count). The number of benzene rings is 2. The molecule has 0 aliphatic carbocycles. The molecule has 2 aromatic rings. The van der Waals surface area contributed by atoms with Crippen molar-refractivity contribution in [3.63, 3.8) is 0 Å². The molecule has 0 spiro atoms. The lowest BCUT2D eigenvalue weighted by atomic mass is 10.1. The zero-order valence-electron chi connectivity index (χ0n) is 17.0. The number of amides is 2. The van der Waals surface area contributed by atoms with Gasteiger partial charge in [-0.25, -0.2) is 4.79 Å². The van der Waals surface area contributed by atoms with Gasteiger partial charge in [0, 0.05) is 29.4 Å². The maximum absolute atomic E-state index is 12.3. The Hall–Kier alpha value is -3.39. The predicted octanol–water partition coefficient (Wildman–Crippen LogP) is 2.97. The van der Waals surface area contributed by atoms with E-state index in [1.807, 2.05) is 6.92 Å². The summed E-state index contributed by atoms with van der Waals surface area (Å²) in [6.07, 6.45) is 0.000931. The Balaban J connectivity index is 1.51. The maximum atomic E-state index is 12.3. The summed E-state index contributed by atoms with van der Waals surface area (Å²) in [5, 5.41) is 3.10. The molecule has 1 N–H and O–H groups in total. The van der Waals surface area contributed by atoms with Crippen LogP contribution in [0.15, 0.2) is 42.5 Å². The normalized spacial score (nSPS) is 15.5. The van der Waals surface area contributed by atoms with Gasteiger partial charge in [-0.3, -0.25) is 14.4 Å². The summed E-state index contributed by atoms with van der Waals surface area (Å²) in [6, 6.07) is 11.3. The highest BCUT2D eigenvalue weighted by Crippen LogP contribution is 2.29. The summed E-state index contributed by atoms with van der Waals surface area (Å²) in [4.78, 5) is 49.6. The number of carbonyl (C=O) groups is 4. The first-order valence-electron chi connectivity index (χ1n) is 9.50. The Labute approximate surface area is 184 Å². The topological polar surface area (TPSA) is 102 Å². The van der Waals surface area contributed by atoms with Crippen LogP contribution in [0.3, 0.4) is 0 Å². The molecule has 0 unspecified atom stereocenters. The Kier molecular flexibility index (Phi) is 6.91. The van der Waals surface area contributed by atoms with Crippen LogP contribution in [-0.2, 0) is 23.9 Å². The van der Waals surface area contributed by atoms with Crippen molar-refractivity contribution in [2.75, 3.05) is 30.5 Å². The molecule has 8 nitrogen and oxygen atoms in total. The van der Waals surface area contributed by atoms with Gasteiger partial charge in [0.25, 0.3) is 5.91 Å². The number of ether oxygens (including phenoxy) is 2. The molecule has 0 bridgehead atoms. The zero-order chi connectivity index (χ0) is 22.5. The molecule has 1 fully saturated rings. The molecule has 31 heavy (non-hydrogen) atoms. The van der Waals surface area contributed by atoms with Gasteiger partial charge in [0.2, 0.25) is 5.91 Å². The molecule has 0 saturated carbocycles. The first kappa shape index (κ1) is 22.3. The number of nitrogens with one attached hydrogen (secondary N) is 1. The molecule has 162 valence electrons. The third-order valence-electron chi connectivity index (χ3n) is 4.86. The monoisotopic (exact) mass is 444 g/mol. The van der Waals surface area contributed by atoms with E-state index in [1.54, 1.807) is 18.2 Å². The Morgan fingerprint density at radius 2 is 1.87 bits per heavy atom. The van der Waals surface area contributed by atoms with Crippen LogP contribution < -0.4 is 10.2 Å². The van der Waals surface area contributed by atoms with Gasteiger partial charge in [-0.15, -0.1) is 0 Å². The van der Waals surface area contributed by atoms with Gasteiger partial charge in [-0.2, -0.15) is 0 Å². The lowest BCUT2D eigenvalue weighted by Crippen LogP contribution is -2.28. The number of halogens is 1. The van der Waals surface area contributed by atoms with Gasteiger partial charge < -0.3 is 19.7 Å². The van der Waals surface area contributed by atoms with E-state index < -0.39 is 30.4 Å². The maximum Gasteiger partial charge on any atom is 0.337 e. The summed E-state index contributed by atoms with van der Waals surface area (Å²) in [6.45, 7) is 1.53. The van der Waals surface area contributed by atoms with Gasteiger partial charge in [-0.1, -0.05) is 17.7 Å². The van der Waals surface area contributed by atoms with Crippen molar-refractivity contribution in [2.45, 2.75) is 13.3 Å². The number of anilines is 2. The Morgan fingerprint density at radius 1 is 1.16 bits per heavy atom. The van der Waals surface area contributed by atoms with Crippen molar-refractivity contribution in [1.82, 2.24) is 0 Å². The number of methoxy groups -OCH3 is 1. The van der Waals surface area contributed by atoms with Crippen molar-refractivity contribution >= 4 is 46.7 Å². The van der Waals surface area contributed by atoms with E-state index in [4.69, 9.17) is 16.3 Å². The first-order valence-corrected chi connectivity index (χ1v) is 9.87. The fraction of sp³-hybridized carbons (Fsp3) is 0.273. The van der Waals surface area contributed by atoms with Crippen LogP contribution in [0, 0.1) is 12.8 Å². The van der Waals surface area contributed by atoms with E-state index >= 15 is 0 Å². The minimum absolute atomic E-state index is 0.000931. The van der Waals surface area contributed by atoms with Crippen molar-refractivity contribution in [3.8, 4) is 0 Å². The lowest BCUT2D eigenvalue weighted by Gasteiger charge is -2.17. The first-order chi connectivity index (χ1) is 14.8. The molecule has 0 aromatic heterocycles. The summed E-state index contributed by atoms with van der Waals surface area (Å²) in [7, 11) is 1.28. The number of esters is 2. The van der Waals surface area contributed by atoms with Crippen molar-refractivity contribution in [2.24, 2.45) is 5.92 Å². The summed E-state index contributed by atoms with van der Waals surface area (Å²) >= 11 is 6.12. The van der Waals surface area contributed by atoms with E-state index in [2.05, 4.69) is 10.1 Å². The Bertz CT molecular complexity index is 1020. The van der Waals surface area contributed by atoms with Crippen LogP contribution in [0.25, 0.3) is 0 Å². The molecule has 1 atom stereocenters. The zero-order valence-corrected chi connectivity index (χ0v) is 17.8. The van der Waals surface area contributed by atoms with Crippen LogP contribution in [0.4, 0.5) is 11.4 Å². The van der Waals surface area contributed by atoms with E-state index in [-0.39, 0.29) is 18.9 Å². The number of hydrogen-bond acceptors (Lipinski definition) is 6. The minimum Gasteiger partial charge on any atom is -0.465 e. The van der Waals surface area contributed by atoms with Crippen LogP contribution in [0.1, 0.15) is 22.3 Å². The SMILES string of the molecule is COC(=O)c1ccc(NC(=O)COC(=O)[C@@H]2CC(=O)N(c3ccc(C)c(Cl)c3)C2)cc1. The second kappa shape index (κ2) is 9.61. The van der Waals surface area contributed by atoms with Crippen molar-refractivity contribution in [3.05, 3.63) is 58.6 Å². The summed E-state index contributed by atoms with van der Waals surface area (Å²) in [5.74, 6) is -2.52. The standard InChI is InChI=1S/C22H21ClN2O6/c1-13-3-8-17(10-18(13)23)25-11-15(9-20(25)27)22(29)31-12-19(26)24-16-6-4-14(5-7-16)21(28)30-2/h3-8,10,15H,9,11-12H2,1-2H3,(H,24,26)/t15-/m1/s1. The van der Waals surface area contributed by atoms with Crippen LogP contribution >= 0.6 is 11.6 Å². The largest absolute Gasteiger partial charge is 0.465 e. The third-order valence-corrected chi connectivity index (χ3v) is 5.27. The molecule has 9 heteroatoms. The smallest absolute Gasteiger partial charge is 0.337 e. The highest BCUT2D eigenvalue weighted by atomic mass is 35.5. The van der Waals surface area contributed by atoms with Crippen LogP contribution in [-0.4, -0.2) is 44.0 Å². The van der Waals surface area contributed by atoms with Crippen LogP contribution in [0.2, 0.25) is 5.02 Å². The molecule has 2 amide bonds. The number of nitrogens with zero attached hydrogens (tertiary/aromatic N) is 1. The summed E-state index contributed by atoms with van der Waals surface area (Å²) in [5.41, 5.74) is 2.28. The fourth-order valence-corrected chi connectivity index (χ4v) is 3.30. The Morgan fingerprint density at radius 3 is 2.52 bits per heavy atom. The van der Waals surface area contributed by atoms with Crippen molar-refractivity contribution in [1.29, 1.82) is 0 Å². The molecular weight excluding hydrogens is 424 g/mol. The van der Waals surface area contributed by atoms with E-state index in [9.17, 15) is 19.2 Å². The second-order valence-corrected chi connectivity index (χ2v) is 7.47. The molecule has 1 aliphatic rings. The third kappa shape index (κ3) is 5.40. The lowest BCUT2D eigenvalue weighted by molar-refractivity contribution is -0.151. The van der Waals surface area contributed by atoms with E-state index in [0.717, 1.165) is 5.56 Å². The van der Waals surface area contributed by atoms with E-state index in [0.29, 0.717) is 22.0 Å². The molecule has 1 heterocycles. The number of carbonyl (C=O) groups excluding carboxylic acids is 4. The molecule has 0 radical (unpaired) electrons. The quantitative estimate of drug-likeness (QED) is 0.687. The van der Waals surface area contributed by atoms with E-state index in [1.165, 1.54) is 36.3 Å². The minimum atomic E-state index is -0.667. The predicted molar refractivity (Wildman–Crippen MR) is 114 cm³/mol. The van der Waals surface area contributed by atoms with Crippen molar-refractivity contribution < 1.29 is 28.7 Å². The van der Waals surface area contributed by atoms with Gasteiger partial charge in [0.15, 0.2) is 6.61 Å². The average molecular weight is 445 g/mol. The number of aryl methyl sites for hydroxylation is 1. The van der Waals surface area contributed by atoms with Gasteiger partial charge in [-0.05, 0) is 48.9 Å². The molecule has 1 aliphatic heterocycles. The van der Waals surface area contributed by atoms with Gasteiger partial charge in [0.05, 0.1) is 18.6 Å². The molecular formula is C22H21ClN2O6. The fourth-order valence-electron chi connectivity index (χ4n) is 3.12. The van der Waals surface area contributed by atoms with Gasteiger partial charge in [0.1, 0.15) is 0 Å². The number of hydrogen-bond donors (Lipinski definition) is 1. The molecule has 1 saturated heterocycles. The van der Waals surface area contributed by atoms with Crippen LogP contribution in [0.5, 0.6) is 0 Å². The molecule has 2 aromatic carbocycles. The second-order valence-electron chi connectivity index (χ2n) is 7.06. The summed E-state index contributed by atoms with van der Waals surface area (Å²) < 4.78 is 9.69. The van der Waals surface area contributed by atoms with Gasteiger partial charge >= 0.3 is 11.9 Å².